The summed E-state index contributed by atoms with van der Waals surface area (Å²) in [5, 5.41) is 2.55. The second kappa shape index (κ2) is 4.37. The zero-order chi connectivity index (χ0) is 12.4. The number of nitrogens with zero attached hydrogens (tertiary/aromatic N) is 2. The Kier molecular flexibility index (Phi) is 2.91. The molecule has 0 amide bonds. The van der Waals surface area contributed by atoms with Gasteiger partial charge in [0.2, 0.25) is 5.43 Å². The molecule has 1 unspecified atom stereocenters. The second-order valence-corrected chi connectivity index (χ2v) is 3.89. The van der Waals surface area contributed by atoms with Gasteiger partial charge in [0.1, 0.15) is 0 Å². The van der Waals surface area contributed by atoms with E-state index >= 15 is 0 Å². The van der Waals surface area contributed by atoms with E-state index in [-0.39, 0.29) is 17.2 Å². The summed E-state index contributed by atoms with van der Waals surface area (Å²) in [6.07, 6.45) is 7.77. The smallest absolute Gasteiger partial charge is 0.256 e. The van der Waals surface area contributed by atoms with E-state index in [0.29, 0.717) is 0 Å². The van der Waals surface area contributed by atoms with Crippen molar-refractivity contribution in [1.29, 1.82) is 0 Å². The van der Waals surface area contributed by atoms with Crippen molar-refractivity contribution in [2.24, 2.45) is 16.1 Å². The molecule has 0 saturated heterocycles. The van der Waals surface area contributed by atoms with Crippen LogP contribution in [0.3, 0.4) is 0 Å². The zero-order valence-electron chi connectivity index (χ0n) is 9.21. The molecule has 0 radical (unpaired) electrons. The summed E-state index contributed by atoms with van der Waals surface area (Å²) >= 11 is 0. The molecule has 0 aliphatic carbocycles. The molecule has 1 aromatic rings. The van der Waals surface area contributed by atoms with Gasteiger partial charge in [-0.25, -0.2) is 0 Å². The van der Waals surface area contributed by atoms with E-state index < -0.39 is 10.9 Å². The average Bonchev–Trinajstić information content (AvgIpc) is 2.33. The first-order valence-electron chi connectivity index (χ1n) is 5.19. The standard InChI is InChI=1S/C12H10N2O3/c1-7-6-8(4-5-13-7)2-3-9-10(14-17)12(16)11(9)15/h2-3,5-6,8H,4H2,1H3/b3-2+. The van der Waals surface area contributed by atoms with Gasteiger partial charge in [-0.2, -0.15) is 0 Å². The summed E-state index contributed by atoms with van der Waals surface area (Å²) in [7, 11) is 0. The number of nitroso groups, excluding NO2 is 1. The van der Waals surface area contributed by atoms with Gasteiger partial charge in [-0.15, -0.1) is 4.91 Å². The topological polar surface area (TPSA) is 75.9 Å². The molecule has 5 heteroatoms. The van der Waals surface area contributed by atoms with Crippen molar-refractivity contribution in [3.63, 3.8) is 0 Å². The molecular formula is C12H10N2O3. The fraction of sp³-hybridized carbons (Fsp3) is 0.250. The van der Waals surface area contributed by atoms with Gasteiger partial charge in [-0.3, -0.25) is 14.6 Å². The van der Waals surface area contributed by atoms with Gasteiger partial charge in [0.15, 0.2) is 5.69 Å². The van der Waals surface area contributed by atoms with E-state index in [2.05, 4.69) is 10.2 Å². The molecule has 0 saturated carbocycles. The van der Waals surface area contributed by atoms with E-state index in [0.717, 1.165) is 12.1 Å². The average molecular weight is 230 g/mol. The molecule has 0 fully saturated rings. The van der Waals surface area contributed by atoms with Crippen molar-refractivity contribution in [2.75, 3.05) is 0 Å². The quantitative estimate of drug-likeness (QED) is 0.585. The molecule has 0 aromatic heterocycles. The van der Waals surface area contributed by atoms with Crippen molar-refractivity contribution in [1.82, 2.24) is 0 Å². The maximum atomic E-state index is 11.2. The first-order valence-corrected chi connectivity index (χ1v) is 5.19. The van der Waals surface area contributed by atoms with Gasteiger partial charge in [-0.1, -0.05) is 18.2 Å². The SMILES string of the molecule is CC1=CC(/C=C/c2c(N=O)c(=O)c2=O)CC=N1. The zero-order valence-corrected chi connectivity index (χ0v) is 9.21. The molecule has 0 bridgehead atoms. The highest BCUT2D eigenvalue weighted by Gasteiger charge is 2.19. The molecular weight excluding hydrogens is 220 g/mol. The van der Waals surface area contributed by atoms with Crippen LogP contribution in [0.15, 0.2) is 37.6 Å². The molecule has 1 heterocycles. The predicted octanol–water partition coefficient (Wildman–Crippen LogP) is 1.69. The minimum atomic E-state index is -0.795. The van der Waals surface area contributed by atoms with Gasteiger partial charge < -0.3 is 0 Å². The maximum absolute atomic E-state index is 11.2. The maximum Gasteiger partial charge on any atom is 0.256 e. The molecule has 0 N–H and O–H groups in total. The van der Waals surface area contributed by atoms with Crippen LogP contribution in [0.5, 0.6) is 0 Å². The Morgan fingerprint density at radius 3 is 2.82 bits per heavy atom. The highest BCUT2D eigenvalue weighted by molar-refractivity contribution is 5.69. The Hall–Kier alpha value is -2.17. The molecule has 1 atom stereocenters. The monoisotopic (exact) mass is 230 g/mol. The second-order valence-electron chi connectivity index (χ2n) is 3.89. The molecule has 1 aliphatic heterocycles. The third kappa shape index (κ3) is 2.04. The highest BCUT2D eigenvalue weighted by atomic mass is 16.3. The molecule has 2 rings (SSSR count). The van der Waals surface area contributed by atoms with Crippen molar-refractivity contribution < 1.29 is 0 Å². The van der Waals surface area contributed by atoms with Crippen LogP contribution in [0.1, 0.15) is 18.9 Å². The van der Waals surface area contributed by atoms with Crippen molar-refractivity contribution in [2.45, 2.75) is 13.3 Å². The van der Waals surface area contributed by atoms with Gasteiger partial charge in [0, 0.05) is 17.8 Å². The molecule has 17 heavy (non-hydrogen) atoms. The molecule has 5 nitrogen and oxygen atoms in total. The molecule has 86 valence electrons. The Labute approximate surface area is 96.9 Å². The van der Waals surface area contributed by atoms with Crippen LogP contribution in [-0.2, 0) is 0 Å². The van der Waals surface area contributed by atoms with Crippen LogP contribution >= 0.6 is 0 Å². The van der Waals surface area contributed by atoms with Gasteiger partial charge in [0.05, 0.1) is 5.56 Å². The number of rotatable bonds is 3. The van der Waals surface area contributed by atoms with E-state index in [1.807, 2.05) is 13.0 Å². The fourth-order valence-electron chi connectivity index (χ4n) is 1.74. The Morgan fingerprint density at radius 2 is 2.18 bits per heavy atom. The third-order valence-corrected chi connectivity index (χ3v) is 2.65. The summed E-state index contributed by atoms with van der Waals surface area (Å²) in [5.41, 5.74) is -0.683. The van der Waals surface area contributed by atoms with Gasteiger partial charge in [-0.05, 0) is 18.5 Å². The lowest BCUT2D eigenvalue weighted by Crippen LogP contribution is -2.32. The predicted molar refractivity (Wildman–Crippen MR) is 66.2 cm³/mol. The fourth-order valence-corrected chi connectivity index (χ4v) is 1.74. The first kappa shape index (κ1) is 11.3. The van der Waals surface area contributed by atoms with Gasteiger partial charge in [0.25, 0.3) is 5.43 Å². The van der Waals surface area contributed by atoms with Crippen LogP contribution in [0.2, 0.25) is 0 Å². The highest BCUT2D eigenvalue weighted by Crippen LogP contribution is 2.18. The minimum Gasteiger partial charge on any atom is -0.285 e. The summed E-state index contributed by atoms with van der Waals surface area (Å²) in [6, 6.07) is 0. The lowest BCUT2D eigenvalue weighted by Gasteiger charge is -2.09. The number of hydrogen-bond acceptors (Lipinski definition) is 5. The van der Waals surface area contributed by atoms with Crippen LogP contribution < -0.4 is 10.9 Å². The lowest BCUT2D eigenvalue weighted by molar-refractivity contribution is 0.844. The lowest BCUT2D eigenvalue weighted by atomic mass is 9.99. The van der Waals surface area contributed by atoms with Crippen LogP contribution in [-0.4, -0.2) is 6.21 Å². The van der Waals surface area contributed by atoms with E-state index in [4.69, 9.17) is 0 Å². The Balaban J connectivity index is 2.20. The third-order valence-electron chi connectivity index (χ3n) is 2.65. The first-order chi connectivity index (χ1) is 8.13. The number of hydrogen-bond donors (Lipinski definition) is 0. The summed E-state index contributed by atoms with van der Waals surface area (Å²) in [5.74, 6) is 0.136. The molecule has 1 aromatic carbocycles. The van der Waals surface area contributed by atoms with Crippen molar-refractivity contribution in [3.8, 4) is 0 Å². The molecule has 1 aliphatic rings. The van der Waals surface area contributed by atoms with E-state index in [1.54, 1.807) is 12.3 Å². The van der Waals surface area contributed by atoms with Crippen molar-refractivity contribution in [3.05, 3.63) is 48.8 Å². The van der Waals surface area contributed by atoms with Crippen LogP contribution in [0.25, 0.3) is 6.08 Å². The summed E-state index contributed by atoms with van der Waals surface area (Å²) in [6.45, 7) is 1.88. The van der Waals surface area contributed by atoms with Crippen LogP contribution in [0.4, 0.5) is 5.69 Å². The van der Waals surface area contributed by atoms with Crippen molar-refractivity contribution >= 4 is 18.0 Å². The van der Waals surface area contributed by atoms with E-state index in [9.17, 15) is 14.5 Å². The largest absolute Gasteiger partial charge is 0.285 e. The van der Waals surface area contributed by atoms with E-state index in [1.165, 1.54) is 6.08 Å². The molecule has 0 spiro atoms. The summed E-state index contributed by atoms with van der Waals surface area (Å²) < 4.78 is 0. The van der Waals surface area contributed by atoms with Crippen LogP contribution in [0, 0.1) is 10.8 Å². The van der Waals surface area contributed by atoms with Gasteiger partial charge >= 0.3 is 0 Å². The normalized spacial score (nSPS) is 19.8. The minimum absolute atomic E-state index is 0.110. The summed E-state index contributed by atoms with van der Waals surface area (Å²) in [4.78, 5) is 36.5. The Bertz CT molecular complexity index is 616. The number of aliphatic imine (C=N–C) groups is 1. The Morgan fingerprint density at radius 1 is 1.41 bits per heavy atom. The number of allylic oxidation sites excluding steroid dienone is 3.